The molecule has 0 aliphatic rings. The van der Waals surface area contributed by atoms with E-state index in [4.69, 9.17) is 15.8 Å². The van der Waals surface area contributed by atoms with Crippen LogP contribution in [0.2, 0.25) is 0 Å². The molecule has 0 bridgehead atoms. The van der Waals surface area contributed by atoms with Crippen LogP contribution in [0.4, 0.5) is 13.2 Å². The molecule has 17 heavy (non-hydrogen) atoms. The first kappa shape index (κ1) is 12.3. The zero-order chi connectivity index (χ0) is 13.1. The van der Waals surface area contributed by atoms with E-state index in [1.54, 1.807) is 0 Å². The second-order valence-electron chi connectivity index (χ2n) is 2.61. The van der Waals surface area contributed by atoms with Gasteiger partial charge in [0.15, 0.2) is 11.4 Å². The van der Waals surface area contributed by atoms with E-state index < -0.39 is 29.1 Å². The van der Waals surface area contributed by atoms with Gasteiger partial charge in [-0.3, -0.25) is 0 Å². The molecule has 1 rings (SSSR count). The Morgan fingerprint density at radius 1 is 1.12 bits per heavy atom. The van der Waals surface area contributed by atoms with Crippen molar-refractivity contribution in [2.24, 2.45) is 0 Å². The summed E-state index contributed by atoms with van der Waals surface area (Å²) in [5, 5.41) is 25.7. The van der Waals surface area contributed by atoms with Gasteiger partial charge in [0.25, 0.3) is 0 Å². The molecule has 0 atom stereocenters. The Kier molecular flexibility index (Phi) is 3.16. The zero-order valence-electron chi connectivity index (χ0n) is 7.91. The molecule has 84 valence electrons. The quantitative estimate of drug-likeness (QED) is 0.740. The molecule has 5 nitrogen and oxygen atoms in total. The van der Waals surface area contributed by atoms with Crippen molar-refractivity contribution >= 4 is 0 Å². The summed E-state index contributed by atoms with van der Waals surface area (Å²) in [5.74, 6) is -0.914. The van der Waals surface area contributed by atoms with Gasteiger partial charge < -0.3 is 4.74 Å². The lowest BCUT2D eigenvalue weighted by Gasteiger charge is -2.10. The van der Waals surface area contributed by atoms with Crippen LogP contribution in [0.25, 0.3) is 0 Å². The van der Waals surface area contributed by atoms with Crippen LogP contribution in [-0.4, -0.2) is 11.3 Å². The first-order valence-corrected chi connectivity index (χ1v) is 3.92. The molecule has 0 amide bonds. The first-order chi connectivity index (χ1) is 7.91. The maximum absolute atomic E-state index is 12.0. The number of ether oxygens (including phenoxy) is 1. The standard InChI is InChI=1S/C9HF3N4O/c10-9(11,12)17-8-1-5(2-13)16-7(4-15)6(8)3-14/h1H. The van der Waals surface area contributed by atoms with Crippen molar-refractivity contribution in [3.05, 3.63) is 23.0 Å². The van der Waals surface area contributed by atoms with Gasteiger partial charge in [-0.1, -0.05) is 0 Å². The lowest BCUT2D eigenvalue weighted by atomic mass is 10.2. The predicted octanol–water partition coefficient (Wildman–Crippen LogP) is 1.60. The Morgan fingerprint density at radius 2 is 1.76 bits per heavy atom. The Balaban J connectivity index is 3.44. The van der Waals surface area contributed by atoms with Gasteiger partial charge in [0, 0.05) is 6.07 Å². The van der Waals surface area contributed by atoms with Gasteiger partial charge in [0.05, 0.1) is 0 Å². The second-order valence-corrected chi connectivity index (χ2v) is 2.61. The summed E-state index contributed by atoms with van der Waals surface area (Å²) in [7, 11) is 0. The molecule has 1 aromatic heterocycles. The molecule has 8 heteroatoms. The molecule has 0 aromatic carbocycles. The summed E-state index contributed by atoms with van der Waals surface area (Å²) in [4.78, 5) is 3.38. The van der Waals surface area contributed by atoms with Crippen molar-refractivity contribution in [1.29, 1.82) is 15.8 Å². The van der Waals surface area contributed by atoms with Crippen LogP contribution in [0.3, 0.4) is 0 Å². The number of alkyl halides is 3. The molecule has 0 fully saturated rings. The van der Waals surface area contributed by atoms with Gasteiger partial charge in [0.1, 0.15) is 29.5 Å². The summed E-state index contributed by atoms with van der Waals surface area (Å²) >= 11 is 0. The molecular formula is C9HF3N4O. The Labute approximate surface area is 92.9 Å². The highest BCUT2D eigenvalue weighted by atomic mass is 19.4. The van der Waals surface area contributed by atoms with Crippen molar-refractivity contribution < 1.29 is 17.9 Å². The normalized spacial score (nSPS) is 9.88. The summed E-state index contributed by atoms with van der Waals surface area (Å²) in [5.41, 5.74) is -1.70. The number of nitrogens with zero attached hydrogens (tertiary/aromatic N) is 4. The minimum absolute atomic E-state index is 0.445. The van der Waals surface area contributed by atoms with E-state index in [0.717, 1.165) is 0 Å². The monoisotopic (exact) mass is 238 g/mol. The van der Waals surface area contributed by atoms with E-state index in [2.05, 4.69) is 9.72 Å². The first-order valence-electron chi connectivity index (χ1n) is 3.92. The molecule has 0 aliphatic heterocycles. The summed E-state index contributed by atoms with van der Waals surface area (Å²) in [6, 6.07) is 4.89. The molecular weight excluding hydrogens is 237 g/mol. The molecule has 0 aliphatic carbocycles. The van der Waals surface area contributed by atoms with Crippen molar-refractivity contribution in [2.75, 3.05) is 0 Å². The highest BCUT2D eigenvalue weighted by Crippen LogP contribution is 2.27. The van der Waals surface area contributed by atoms with Gasteiger partial charge in [-0.15, -0.1) is 13.2 Å². The fourth-order valence-corrected chi connectivity index (χ4v) is 0.973. The molecule has 0 saturated carbocycles. The van der Waals surface area contributed by atoms with Crippen molar-refractivity contribution in [1.82, 2.24) is 4.98 Å². The summed E-state index contributed by atoms with van der Waals surface area (Å²) in [6.07, 6.45) is -5.02. The smallest absolute Gasteiger partial charge is 0.404 e. The minimum Gasteiger partial charge on any atom is -0.404 e. The van der Waals surface area contributed by atoms with Crippen LogP contribution in [0, 0.1) is 34.0 Å². The molecule has 0 N–H and O–H groups in total. The van der Waals surface area contributed by atoms with Crippen LogP contribution in [0.15, 0.2) is 6.07 Å². The van der Waals surface area contributed by atoms with E-state index in [-0.39, 0.29) is 0 Å². The summed E-state index contributed by atoms with van der Waals surface area (Å²) < 4.78 is 39.6. The molecule has 0 saturated heterocycles. The van der Waals surface area contributed by atoms with Crippen LogP contribution in [-0.2, 0) is 0 Å². The van der Waals surface area contributed by atoms with Crippen LogP contribution in [0.5, 0.6) is 5.75 Å². The largest absolute Gasteiger partial charge is 0.573 e. The maximum Gasteiger partial charge on any atom is 0.573 e. The van der Waals surface area contributed by atoms with Gasteiger partial charge in [-0.05, 0) is 0 Å². The Hall–Kier alpha value is -2.79. The molecule has 0 spiro atoms. The average molecular weight is 238 g/mol. The SMILES string of the molecule is N#Cc1cc(OC(F)(F)F)c(C#N)c(C#N)n1. The van der Waals surface area contributed by atoms with Crippen molar-refractivity contribution in [2.45, 2.75) is 6.36 Å². The third-order valence-corrected chi connectivity index (χ3v) is 1.54. The third kappa shape index (κ3) is 2.83. The highest BCUT2D eigenvalue weighted by Gasteiger charge is 2.33. The Bertz CT molecular complexity index is 574. The number of aromatic nitrogens is 1. The fraction of sp³-hybridized carbons (Fsp3) is 0.111. The number of hydrogen-bond donors (Lipinski definition) is 0. The molecule has 0 unspecified atom stereocenters. The number of nitriles is 3. The Morgan fingerprint density at radius 3 is 2.18 bits per heavy atom. The zero-order valence-corrected chi connectivity index (χ0v) is 7.91. The number of pyridine rings is 1. The molecule has 0 radical (unpaired) electrons. The third-order valence-electron chi connectivity index (χ3n) is 1.54. The van der Waals surface area contributed by atoms with E-state index >= 15 is 0 Å². The maximum atomic E-state index is 12.0. The van der Waals surface area contributed by atoms with E-state index in [0.29, 0.717) is 6.07 Å². The average Bonchev–Trinajstić information content (AvgIpc) is 2.25. The number of halogens is 3. The topological polar surface area (TPSA) is 93.5 Å². The van der Waals surface area contributed by atoms with Crippen molar-refractivity contribution in [3.63, 3.8) is 0 Å². The predicted molar refractivity (Wildman–Crippen MR) is 45.1 cm³/mol. The highest BCUT2D eigenvalue weighted by molar-refractivity contribution is 5.53. The van der Waals surface area contributed by atoms with E-state index in [9.17, 15) is 13.2 Å². The van der Waals surface area contributed by atoms with Gasteiger partial charge in [-0.2, -0.15) is 15.8 Å². The molecule has 1 heterocycles. The lowest BCUT2D eigenvalue weighted by molar-refractivity contribution is -0.274. The second kappa shape index (κ2) is 4.38. The van der Waals surface area contributed by atoms with E-state index in [1.165, 1.54) is 18.2 Å². The van der Waals surface area contributed by atoms with Crippen LogP contribution < -0.4 is 4.74 Å². The fourth-order valence-electron chi connectivity index (χ4n) is 0.973. The van der Waals surface area contributed by atoms with Crippen LogP contribution in [0.1, 0.15) is 17.0 Å². The minimum atomic E-state index is -5.02. The van der Waals surface area contributed by atoms with Gasteiger partial charge in [0.2, 0.25) is 0 Å². The molecule has 1 aromatic rings. The van der Waals surface area contributed by atoms with Gasteiger partial charge >= 0.3 is 6.36 Å². The van der Waals surface area contributed by atoms with Crippen LogP contribution >= 0.6 is 0 Å². The lowest BCUT2D eigenvalue weighted by Crippen LogP contribution is -2.18. The van der Waals surface area contributed by atoms with Crippen molar-refractivity contribution in [3.8, 4) is 24.0 Å². The van der Waals surface area contributed by atoms with Gasteiger partial charge in [-0.25, -0.2) is 4.98 Å². The van der Waals surface area contributed by atoms with E-state index in [1.807, 2.05) is 0 Å². The summed E-state index contributed by atoms with van der Waals surface area (Å²) in [6.45, 7) is 0. The number of hydrogen-bond acceptors (Lipinski definition) is 5. The number of rotatable bonds is 1.